The summed E-state index contributed by atoms with van der Waals surface area (Å²) in [6, 6.07) is 4.00. The number of aryl methyl sites for hydroxylation is 1. The van der Waals surface area contributed by atoms with Crippen LogP contribution in [0.3, 0.4) is 0 Å². The van der Waals surface area contributed by atoms with Crippen LogP contribution in [0.1, 0.15) is 44.7 Å². The molecule has 3 aromatic heterocycles. The van der Waals surface area contributed by atoms with Gasteiger partial charge in [0, 0.05) is 37.0 Å². The summed E-state index contributed by atoms with van der Waals surface area (Å²) in [6.45, 7) is 3.83. The quantitative estimate of drug-likeness (QED) is 0.624. The van der Waals surface area contributed by atoms with Crippen molar-refractivity contribution >= 4 is 28.6 Å². The molecule has 3 heterocycles. The molecule has 0 bridgehead atoms. The van der Waals surface area contributed by atoms with Gasteiger partial charge in [-0.15, -0.1) is 0 Å². The number of fused-ring (bicyclic) bond motifs is 1. The highest BCUT2D eigenvalue weighted by molar-refractivity contribution is 5.89. The van der Waals surface area contributed by atoms with E-state index in [9.17, 15) is 4.79 Å². The van der Waals surface area contributed by atoms with E-state index in [0.29, 0.717) is 5.92 Å². The zero-order valence-corrected chi connectivity index (χ0v) is 16.3. The number of anilines is 2. The Morgan fingerprint density at radius 1 is 1.39 bits per heavy atom. The number of hydrogen-bond donors (Lipinski definition) is 3. The number of ether oxygens (including phenoxy) is 1. The lowest BCUT2D eigenvalue weighted by Gasteiger charge is -2.14. The van der Waals surface area contributed by atoms with Crippen molar-refractivity contribution in [3.63, 3.8) is 0 Å². The van der Waals surface area contributed by atoms with Gasteiger partial charge in [0.15, 0.2) is 5.82 Å². The van der Waals surface area contributed by atoms with E-state index < -0.39 is 0 Å². The Kier molecular flexibility index (Phi) is 4.89. The number of rotatable bonds is 5. The molecule has 1 saturated carbocycles. The molecule has 0 unspecified atom stereocenters. The van der Waals surface area contributed by atoms with Gasteiger partial charge >= 0.3 is 6.09 Å². The fourth-order valence-corrected chi connectivity index (χ4v) is 3.70. The first kappa shape index (κ1) is 18.3. The lowest BCUT2D eigenvalue weighted by molar-refractivity contribution is 0.0981. The van der Waals surface area contributed by atoms with Crippen molar-refractivity contribution in [2.24, 2.45) is 7.05 Å². The maximum atomic E-state index is 11.8. The predicted octanol–water partition coefficient (Wildman–Crippen LogP) is 3.21. The van der Waals surface area contributed by atoms with Gasteiger partial charge in [0.2, 0.25) is 0 Å². The molecule has 1 fully saturated rings. The van der Waals surface area contributed by atoms with Gasteiger partial charge in [-0.2, -0.15) is 10.2 Å². The van der Waals surface area contributed by atoms with Gasteiger partial charge in [-0.05, 0) is 39.2 Å². The van der Waals surface area contributed by atoms with Crippen molar-refractivity contribution in [1.29, 1.82) is 0 Å². The summed E-state index contributed by atoms with van der Waals surface area (Å²) in [5.41, 5.74) is 3.71. The van der Waals surface area contributed by atoms with E-state index in [1.807, 2.05) is 33.0 Å². The highest BCUT2D eigenvalue weighted by Crippen LogP contribution is 2.36. The minimum absolute atomic E-state index is 0.0577. The van der Waals surface area contributed by atoms with Crippen LogP contribution in [0.25, 0.3) is 11.0 Å². The number of amides is 1. The summed E-state index contributed by atoms with van der Waals surface area (Å²) < 4.78 is 7.30. The molecule has 0 aromatic carbocycles. The highest BCUT2D eigenvalue weighted by Gasteiger charge is 2.30. The van der Waals surface area contributed by atoms with Crippen LogP contribution in [0, 0.1) is 0 Å². The third-order valence-corrected chi connectivity index (χ3v) is 4.99. The fraction of sp³-hybridized carbons (Fsp3) is 0.474. The number of carbonyl (C=O) groups is 1. The van der Waals surface area contributed by atoms with Crippen LogP contribution in [0.4, 0.5) is 16.3 Å². The first-order chi connectivity index (χ1) is 13.5. The molecule has 148 valence electrons. The van der Waals surface area contributed by atoms with Gasteiger partial charge in [0.05, 0.1) is 11.9 Å². The van der Waals surface area contributed by atoms with Crippen LogP contribution in [0.5, 0.6) is 0 Å². The highest BCUT2D eigenvalue weighted by atomic mass is 16.6. The average molecular weight is 383 g/mol. The molecule has 9 nitrogen and oxygen atoms in total. The van der Waals surface area contributed by atoms with E-state index in [-0.39, 0.29) is 18.2 Å². The van der Waals surface area contributed by atoms with Crippen LogP contribution in [-0.2, 0) is 11.8 Å². The monoisotopic (exact) mass is 383 g/mol. The molecule has 0 saturated heterocycles. The largest absolute Gasteiger partial charge is 0.446 e. The van der Waals surface area contributed by atoms with Gasteiger partial charge < -0.3 is 15.4 Å². The summed E-state index contributed by atoms with van der Waals surface area (Å²) in [6.07, 6.45) is 5.71. The predicted molar refractivity (Wildman–Crippen MR) is 106 cm³/mol. The van der Waals surface area contributed by atoms with Crippen LogP contribution in [-0.4, -0.2) is 43.2 Å². The number of hydrogen-bond acceptors (Lipinski definition) is 6. The Balaban J connectivity index is 1.41. The molecule has 1 aliphatic rings. The van der Waals surface area contributed by atoms with Crippen molar-refractivity contribution in [2.75, 3.05) is 5.32 Å². The number of aromatic amines is 1. The number of nitrogens with one attached hydrogen (secondary N) is 3. The Bertz CT molecular complexity index is 978. The zero-order chi connectivity index (χ0) is 19.7. The second-order valence-corrected chi connectivity index (χ2v) is 7.53. The van der Waals surface area contributed by atoms with Crippen LogP contribution in [0.2, 0.25) is 0 Å². The number of H-pyrrole nitrogens is 1. The molecule has 1 aliphatic carbocycles. The Morgan fingerprint density at radius 2 is 2.25 bits per heavy atom. The summed E-state index contributed by atoms with van der Waals surface area (Å²) in [5.74, 6) is 1.04. The van der Waals surface area contributed by atoms with Gasteiger partial charge in [-0.3, -0.25) is 14.8 Å². The van der Waals surface area contributed by atoms with Gasteiger partial charge in [0.25, 0.3) is 0 Å². The molecule has 3 N–H and O–H groups in total. The van der Waals surface area contributed by atoms with E-state index in [1.54, 1.807) is 17.1 Å². The molecule has 2 atom stereocenters. The lowest BCUT2D eigenvalue weighted by Crippen LogP contribution is -2.33. The zero-order valence-electron chi connectivity index (χ0n) is 16.3. The number of carbonyl (C=O) groups excluding carboxylic acids is 1. The number of aromatic nitrogens is 5. The molecular weight excluding hydrogens is 358 g/mol. The first-order valence-electron chi connectivity index (χ1n) is 9.56. The second-order valence-electron chi connectivity index (χ2n) is 7.53. The third-order valence-electron chi connectivity index (χ3n) is 4.99. The minimum Gasteiger partial charge on any atom is -0.446 e. The fourth-order valence-electron chi connectivity index (χ4n) is 3.70. The Morgan fingerprint density at radius 3 is 3.07 bits per heavy atom. The average Bonchev–Trinajstić information content (AvgIpc) is 3.35. The number of pyridine rings is 1. The molecule has 0 spiro atoms. The van der Waals surface area contributed by atoms with Crippen molar-refractivity contribution < 1.29 is 9.53 Å². The molecule has 0 aliphatic heterocycles. The summed E-state index contributed by atoms with van der Waals surface area (Å²) in [5, 5.41) is 17.9. The molecule has 3 aromatic rings. The second kappa shape index (κ2) is 7.49. The standard InChI is InChI=1S/C19H25N7O2/c1-11(2)22-19(27)28-13-5-4-12(8-13)15-9-17(25-24-15)23-14-6-7-20-16-10-21-26(3)18(14)16/h6-7,9-13H,4-5,8H2,1-3H3,(H,22,27)(H2,20,23,24,25)/t12-,13+/m0/s1. The van der Waals surface area contributed by atoms with Crippen LogP contribution < -0.4 is 10.6 Å². The van der Waals surface area contributed by atoms with E-state index in [0.717, 1.165) is 47.5 Å². The van der Waals surface area contributed by atoms with E-state index in [4.69, 9.17) is 4.74 Å². The lowest BCUT2D eigenvalue weighted by atomic mass is 10.0. The van der Waals surface area contributed by atoms with Crippen molar-refractivity contribution in [3.8, 4) is 0 Å². The van der Waals surface area contributed by atoms with E-state index >= 15 is 0 Å². The normalized spacial score (nSPS) is 19.3. The summed E-state index contributed by atoms with van der Waals surface area (Å²) in [4.78, 5) is 16.1. The van der Waals surface area contributed by atoms with E-state index in [2.05, 4.69) is 30.9 Å². The summed E-state index contributed by atoms with van der Waals surface area (Å²) >= 11 is 0. The van der Waals surface area contributed by atoms with Gasteiger partial charge in [-0.25, -0.2) is 4.79 Å². The molecular formula is C19H25N7O2. The van der Waals surface area contributed by atoms with Crippen LogP contribution >= 0.6 is 0 Å². The van der Waals surface area contributed by atoms with Gasteiger partial charge in [0.1, 0.15) is 17.1 Å². The molecule has 9 heteroatoms. The Labute approximate surface area is 162 Å². The van der Waals surface area contributed by atoms with Crippen LogP contribution in [0.15, 0.2) is 24.5 Å². The van der Waals surface area contributed by atoms with Gasteiger partial charge in [-0.1, -0.05) is 0 Å². The number of nitrogens with zero attached hydrogens (tertiary/aromatic N) is 4. The van der Waals surface area contributed by atoms with E-state index in [1.165, 1.54) is 0 Å². The molecule has 0 radical (unpaired) electrons. The maximum absolute atomic E-state index is 11.8. The van der Waals surface area contributed by atoms with Crippen molar-refractivity contribution in [2.45, 2.75) is 51.2 Å². The van der Waals surface area contributed by atoms with Crippen molar-refractivity contribution in [1.82, 2.24) is 30.3 Å². The SMILES string of the molecule is CC(C)NC(=O)O[C@@H]1CC[C@H](c2cc(Nc3ccnc4cnn(C)c34)n[nH]2)C1. The molecule has 28 heavy (non-hydrogen) atoms. The summed E-state index contributed by atoms with van der Waals surface area (Å²) in [7, 11) is 1.89. The first-order valence-corrected chi connectivity index (χ1v) is 9.56. The number of alkyl carbamates (subject to hydrolysis) is 1. The smallest absolute Gasteiger partial charge is 0.407 e. The molecule has 4 rings (SSSR count). The Hall–Kier alpha value is -3.10. The van der Waals surface area contributed by atoms with Crippen molar-refractivity contribution in [3.05, 3.63) is 30.2 Å². The topological polar surface area (TPSA) is 110 Å². The third kappa shape index (κ3) is 3.78. The molecule has 1 amide bonds. The maximum Gasteiger partial charge on any atom is 0.407 e. The minimum atomic E-state index is -0.342.